The summed E-state index contributed by atoms with van der Waals surface area (Å²) in [6.45, 7) is 4.66. The fourth-order valence-corrected chi connectivity index (χ4v) is 3.96. The Morgan fingerprint density at radius 3 is 2.68 bits per heavy atom. The topological polar surface area (TPSA) is 70.2 Å². The van der Waals surface area contributed by atoms with Gasteiger partial charge in [-0.15, -0.1) is 0 Å². The van der Waals surface area contributed by atoms with E-state index >= 15 is 0 Å². The van der Waals surface area contributed by atoms with Gasteiger partial charge in [0.15, 0.2) is 0 Å². The zero-order chi connectivity index (χ0) is 22.2. The van der Waals surface area contributed by atoms with Gasteiger partial charge in [-0.05, 0) is 37.6 Å². The van der Waals surface area contributed by atoms with Crippen LogP contribution in [0.25, 0.3) is 11.0 Å². The number of H-pyrrole nitrogens is 1. The van der Waals surface area contributed by atoms with Gasteiger partial charge in [0.2, 0.25) is 11.7 Å². The lowest BCUT2D eigenvalue weighted by Gasteiger charge is -2.43. The summed E-state index contributed by atoms with van der Waals surface area (Å²) in [5.74, 6) is -1.31. The van der Waals surface area contributed by atoms with E-state index in [0.29, 0.717) is 12.3 Å². The molecule has 4 rings (SSSR count). The highest BCUT2D eigenvalue weighted by Gasteiger charge is 2.36. The van der Waals surface area contributed by atoms with E-state index in [2.05, 4.69) is 20.2 Å². The van der Waals surface area contributed by atoms with Crippen LogP contribution < -0.4 is 5.32 Å². The molecular formula is C22H23F3N4O2. The number of rotatable bonds is 4. The number of halogens is 3. The van der Waals surface area contributed by atoms with Crippen molar-refractivity contribution in [2.45, 2.75) is 38.2 Å². The number of morpholine rings is 1. The number of nitrogens with zero attached hydrogens (tertiary/aromatic N) is 2. The Bertz CT molecular complexity index is 1070. The van der Waals surface area contributed by atoms with Crippen LogP contribution in [0, 0.1) is 0 Å². The van der Waals surface area contributed by atoms with E-state index in [1.165, 1.54) is 12.1 Å². The molecule has 2 N–H and O–H groups in total. The lowest BCUT2D eigenvalue weighted by Crippen LogP contribution is -2.53. The molecule has 3 atom stereocenters. The summed E-state index contributed by atoms with van der Waals surface area (Å²) in [5, 5.41) is 2.77. The molecule has 1 aliphatic heterocycles. The van der Waals surface area contributed by atoms with Crippen LogP contribution in [-0.2, 0) is 15.7 Å². The predicted molar refractivity (Wildman–Crippen MR) is 110 cm³/mol. The Balaban J connectivity index is 1.46. The predicted octanol–water partition coefficient (Wildman–Crippen LogP) is 4.37. The van der Waals surface area contributed by atoms with Crippen molar-refractivity contribution in [3.8, 4) is 0 Å². The molecule has 0 radical (unpaired) electrons. The number of hydrogen-bond acceptors (Lipinski definition) is 4. The smallest absolute Gasteiger partial charge is 0.370 e. The van der Waals surface area contributed by atoms with Gasteiger partial charge in [-0.1, -0.05) is 30.3 Å². The molecule has 0 bridgehead atoms. The molecule has 3 unspecified atom stereocenters. The molecule has 0 saturated carbocycles. The van der Waals surface area contributed by atoms with Crippen molar-refractivity contribution < 1.29 is 22.7 Å². The van der Waals surface area contributed by atoms with E-state index in [-0.39, 0.29) is 41.7 Å². The third-order valence-corrected chi connectivity index (χ3v) is 5.53. The number of imidazole rings is 1. The van der Waals surface area contributed by atoms with Crippen LogP contribution in [0.1, 0.15) is 31.3 Å². The Labute approximate surface area is 177 Å². The highest BCUT2D eigenvalue weighted by atomic mass is 19.4. The monoisotopic (exact) mass is 432 g/mol. The minimum atomic E-state index is -4.56. The molecule has 3 aromatic rings. The number of aromatic amines is 1. The Morgan fingerprint density at radius 2 is 1.97 bits per heavy atom. The van der Waals surface area contributed by atoms with Gasteiger partial charge in [0, 0.05) is 17.8 Å². The number of ether oxygens (including phenoxy) is 1. The molecular weight excluding hydrogens is 409 g/mol. The van der Waals surface area contributed by atoms with Gasteiger partial charge in [0.25, 0.3) is 0 Å². The Kier molecular flexibility index (Phi) is 5.72. The number of aromatic nitrogens is 2. The second-order valence-corrected chi connectivity index (χ2v) is 7.79. The molecule has 2 aromatic carbocycles. The summed E-state index contributed by atoms with van der Waals surface area (Å²) >= 11 is 0. The van der Waals surface area contributed by atoms with E-state index < -0.39 is 12.0 Å². The normalized spacial score (nSPS) is 22.5. The third-order valence-electron chi connectivity index (χ3n) is 5.53. The molecule has 31 heavy (non-hydrogen) atoms. The summed E-state index contributed by atoms with van der Waals surface area (Å²) in [5.41, 5.74) is 1.86. The minimum absolute atomic E-state index is 0.0265. The number of fused-ring (bicyclic) bond motifs is 1. The number of nitrogens with one attached hydrogen (secondary N) is 2. The first-order chi connectivity index (χ1) is 14.7. The fourth-order valence-electron chi connectivity index (χ4n) is 3.96. The van der Waals surface area contributed by atoms with Crippen LogP contribution in [0.15, 0.2) is 48.5 Å². The SMILES string of the molecule is CC1COC(c2ccccc2)C(C)N1CC(=O)Nc1ccc2nc(C(F)(F)F)[nH]c2c1. The van der Waals surface area contributed by atoms with Crippen molar-refractivity contribution in [3.05, 3.63) is 59.9 Å². The van der Waals surface area contributed by atoms with Crippen LogP contribution in [-0.4, -0.2) is 46.0 Å². The van der Waals surface area contributed by atoms with Gasteiger partial charge in [-0.25, -0.2) is 4.98 Å². The average Bonchev–Trinajstić information content (AvgIpc) is 3.16. The van der Waals surface area contributed by atoms with Gasteiger partial charge in [0.1, 0.15) is 0 Å². The zero-order valence-electron chi connectivity index (χ0n) is 17.1. The molecule has 1 amide bonds. The number of benzene rings is 2. The zero-order valence-corrected chi connectivity index (χ0v) is 17.1. The first-order valence-electron chi connectivity index (χ1n) is 10.0. The summed E-state index contributed by atoms with van der Waals surface area (Å²) in [4.78, 5) is 20.6. The fraction of sp³-hybridized carbons (Fsp3) is 0.364. The van der Waals surface area contributed by atoms with E-state index in [9.17, 15) is 18.0 Å². The molecule has 1 saturated heterocycles. The second kappa shape index (κ2) is 8.32. The number of carbonyl (C=O) groups is 1. The summed E-state index contributed by atoms with van der Waals surface area (Å²) in [6.07, 6.45) is -4.70. The largest absolute Gasteiger partial charge is 0.449 e. The second-order valence-electron chi connectivity index (χ2n) is 7.79. The van der Waals surface area contributed by atoms with Crippen LogP contribution in [0.3, 0.4) is 0 Å². The standard InChI is InChI=1S/C22H23F3N4O2/c1-13-12-31-20(15-6-4-3-5-7-15)14(2)29(13)11-19(30)26-16-8-9-17-18(10-16)28-21(27-17)22(23,24)25/h3-10,13-14,20H,11-12H2,1-2H3,(H,26,30)(H,27,28). The summed E-state index contributed by atoms with van der Waals surface area (Å²) in [6, 6.07) is 14.3. The van der Waals surface area contributed by atoms with Gasteiger partial charge in [0.05, 0.1) is 30.3 Å². The maximum absolute atomic E-state index is 12.8. The van der Waals surface area contributed by atoms with E-state index in [1.54, 1.807) is 6.07 Å². The lowest BCUT2D eigenvalue weighted by molar-refractivity contribution is -0.144. The number of anilines is 1. The van der Waals surface area contributed by atoms with Crippen LogP contribution >= 0.6 is 0 Å². The van der Waals surface area contributed by atoms with Gasteiger partial charge in [-0.3, -0.25) is 9.69 Å². The van der Waals surface area contributed by atoms with Crippen molar-refractivity contribution in [1.82, 2.24) is 14.9 Å². The van der Waals surface area contributed by atoms with Crippen molar-refractivity contribution in [1.29, 1.82) is 0 Å². The number of carbonyl (C=O) groups excluding carboxylic acids is 1. The maximum Gasteiger partial charge on any atom is 0.449 e. The molecule has 1 aromatic heterocycles. The molecule has 6 nitrogen and oxygen atoms in total. The molecule has 164 valence electrons. The lowest BCUT2D eigenvalue weighted by atomic mass is 9.98. The number of hydrogen-bond donors (Lipinski definition) is 2. The van der Waals surface area contributed by atoms with Crippen LogP contribution in [0.4, 0.5) is 18.9 Å². The third kappa shape index (κ3) is 4.57. The van der Waals surface area contributed by atoms with Crippen molar-refractivity contribution in [2.75, 3.05) is 18.5 Å². The first-order valence-corrected chi connectivity index (χ1v) is 10.0. The average molecular weight is 432 g/mol. The van der Waals surface area contributed by atoms with Gasteiger partial charge in [-0.2, -0.15) is 13.2 Å². The molecule has 0 spiro atoms. The van der Waals surface area contributed by atoms with Crippen LogP contribution in [0.2, 0.25) is 0 Å². The maximum atomic E-state index is 12.8. The van der Waals surface area contributed by atoms with Crippen molar-refractivity contribution >= 4 is 22.6 Å². The highest BCUT2D eigenvalue weighted by molar-refractivity contribution is 5.94. The Morgan fingerprint density at radius 1 is 1.23 bits per heavy atom. The van der Waals surface area contributed by atoms with Gasteiger partial charge < -0.3 is 15.0 Å². The molecule has 0 aliphatic carbocycles. The van der Waals surface area contributed by atoms with Crippen LogP contribution in [0.5, 0.6) is 0 Å². The molecule has 1 fully saturated rings. The summed E-state index contributed by atoms with van der Waals surface area (Å²) < 4.78 is 44.6. The highest BCUT2D eigenvalue weighted by Crippen LogP contribution is 2.31. The van der Waals surface area contributed by atoms with E-state index in [0.717, 1.165) is 5.56 Å². The number of alkyl halides is 3. The quantitative estimate of drug-likeness (QED) is 0.642. The molecule has 1 aliphatic rings. The minimum Gasteiger partial charge on any atom is -0.370 e. The summed E-state index contributed by atoms with van der Waals surface area (Å²) in [7, 11) is 0. The van der Waals surface area contributed by atoms with Gasteiger partial charge >= 0.3 is 6.18 Å². The van der Waals surface area contributed by atoms with Crippen molar-refractivity contribution in [3.63, 3.8) is 0 Å². The molecule has 2 heterocycles. The first kappa shape index (κ1) is 21.3. The molecule has 9 heteroatoms. The van der Waals surface area contributed by atoms with E-state index in [1.807, 2.05) is 44.2 Å². The number of amides is 1. The van der Waals surface area contributed by atoms with Crippen molar-refractivity contribution in [2.24, 2.45) is 0 Å². The Hall–Kier alpha value is -2.91. The van der Waals surface area contributed by atoms with E-state index in [4.69, 9.17) is 4.74 Å².